The van der Waals surface area contributed by atoms with Crippen molar-refractivity contribution in [1.29, 1.82) is 0 Å². The van der Waals surface area contributed by atoms with Gasteiger partial charge in [0, 0.05) is 18.0 Å². The highest BCUT2D eigenvalue weighted by atomic mass is 127. The maximum atomic E-state index is 12.0. The summed E-state index contributed by atoms with van der Waals surface area (Å²) in [5.74, 6) is 2.11. The first-order valence-corrected chi connectivity index (χ1v) is 12.2. The van der Waals surface area contributed by atoms with E-state index in [9.17, 15) is 16.8 Å². The molecule has 0 radical (unpaired) electrons. The number of halogens is 2. The predicted octanol–water partition coefficient (Wildman–Crippen LogP) is 2.70. The quantitative estimate of drug-likeness (QED) is 0.423. The van der Waals surface area contributed by atoms with Gasteiger partial charge in [-0.25, -0.2) is 8.42 Å². The molecule has 0 atom stereocenters. The molecule has 2 aromatic rings. The molecule has 0 aliphatic rings. The summed E-state index contributed by atoms with van der Waals surface area (Å²) >= 11 is 4.26. The number of rotatable bonds is 5. The second-order valence-corrected chi connectivity index (χ2v) is 11.0. The van der Waals surface area contributed by atoms with E-state index in [0.717, 1.165) is 12.7 Å². The molecule has 5 nitrogen and oxygen atoms in total. The van der Waals surface area contributed by atoms with E-state index in [1.165, 1.54) is 0 Å². The molecule has 0 unspecified atom stereocenters. The second-order valence-electron chi connectivity index (χ2n) is 5.02. The summed E-state index contributed by atoms with van der Waals surface area (Å²) in [5.41, 5.74) is 1.30. The van der Waals surface area contributed by atoms with Crippen molar-refractivity contribution in [3.8, 4) is 11.2 Å². The van der Waals surface area contributed by atoms with Gasteiger partial charge in [-0.1, -0.05) is 16.3 Å². The minimum absolute atomic E-state index is 0.215. The summed E-state index contributed by atoms with van der Waals surface area (Å²) in [7, 11) is -8.26. The molecule has 132 valence electrons. The zero-order chi connectivity index (χ0) is 18.5. The number of sulfonamides is 2. The van der Waals surface area contributed by atoms with Crippen molar-refractivity contribution in [2.75, 3.05) is 5.75 Å². The Morgan fingerprint density at radius 2 is 1.36 bits per heavy atom. The van der Waals surface area contributed by atoms with Gasteiger partial charge in [0.15, 0.2) is 0 Å². The van der Waals surface area contributed by atoms with Crippen LogP contribution in [0.3, 0.4) is 0 Å². The fourth-order valence-electron chi connectivity index (χ4n) is 1.79. The average Bonchev–Trinajstić information content (AvgIpc) is 2.53. The molecular formula is C16H13I2NO4S2. The summed E-state index contributed by atoms with van der Waals surface area (Å²) < 4.78 is 51.4. The van der Waals surface area contributed by atoms with E-state index in [1.54, 1.807) is 28.4 Å². The molecule has 0 aromatic heterocycles. The van der Waals surface area contributed by atoms with E-state index >= 15 is 0 Å². The van der Waals surface area contributed by atoms with Gasteiger partial charge in [0.2, 0.25) is 10.0 Å². The molecule has 0 heterocycles. The summed E-state index contributed by atoms with van der Waals surface area (Å²) in [6, 6.07) is 14.2. The van der Waals surface area contributed by atoms with Crippen LogP contribution in [-0.2, 0) is 26.5 Å². The fraction of sp³-hybridized carbons (Fsp3) is 0.125. The average molecular weight is 601 g/mol. The first-order valence-electron chi connectivity index (χ1n) is 6.94. The Morgan fingerprint density at radius 3 is 1.92 bits per heavy atom. The molecule has 0 spiro atoms. The van der Waals surface area contributed by atoms with Crippen LogP contribution in [0, 0.1) is 18.3 Å². The van der Waals surface area contributed by atoms with Crippen LogP contribution < -0.4 is 4.13 Å². The Balaban J connectivity index is 2.03. The lowest BCUT2D eigenvalue weighted by atomic mass is 10.2. The molecule has 0 aliphatic heterocycles. The van der Waals surface area contributed by atoms with E-state index < -0.39 is 20.0 Å². The fourth-order valence-corrected chi connectivity index (χ4v) is 5.11. The monoisotopic (exact) mass is 601 g/mol. The minimum atomic E-state index is -4.26. The number of hydrogen-bond donors (Lipinski definition) is 1. The lowest BCUT2D eigenvalue weighted by Gasteiger charge is -2.04. The van der Waals surface area contributed by atoms with Gasteiger partial charge in [0.1, 0.15) is 0 Å². The molecule has 0 saturated heterocycles. The molecule has 25 heavy (non-hydrogen) atoms. The standard InChI is InChI=1S/C16H13I2NO4S2/c17-15-5-1-13(2-6-15)9-11-24(20,21)19-25(22,23)12-10-14-3-7-16(18)8-4-14/h1-8,19H,9,11H2. The third-order valence-electron chi connectivity index (χ3n) is 2.98. The molecule has 0 bridgehead atoms. The van der Waals surface area contributed by atoms with Gasteiger partial charge in [0.25, 0.3) is 10.0 Å². The lowest BCUT2D eigenvalue weighted by Crippen LogP contribution is -2.32. The van der Waals surface area contributed by atoms with Crippen molar-refractivity contribution < 1.29 is 16.8 Å². The third-order valence-corrected chi connectivity index (χ3v) is 7.43. The van der Waals surface area contributed by atoms with Crippen LogP contribution in [0.15, 0.2) is 48.5 Å². The largest absolute Gasteiger partial charge is 0.293 e. The van der Waals surface area contributed by atoms with Crippen LogP contribution in [0.5, 0.6) is 0 Å². The molecule has 2 rings (SSSR count). The maximum Gasteiger partial charge on any atom is 0.293 e. The van der Waals surface area contributed by atoms with Crippen LogP contribution in [0.25, 0.3) is 0 Å². The van der Waals surface area contributed by atoms with Crippen molar-refractivity contribution in [2.45, 2.75) is 6.42 Å². The van der Waals surface area contributed by atoms with Gasteiger partial charge in [-0.15, -0.1) is 0 Å². The summed E-state index contributed by atoms with van der Waals surface area (Å²) in [6.45, 7) is 0. The Kier molecular flexibility index (Phi) is 7.27. The number of nitrogens with one attached hydrogen (secondary N) is 1. The zero-order valence-corrected chi connectivity index (χ0v) is 18.7. The summed E-state index contributed by atoms with van der Waals surface area (Å²) in [4.78, 5) is 0. The molecule has 2 aromatic carbocycles. The van der Waals surface area contributed by atoms with Crippen molar-refractivity contribution in [3.05, 3.63) is 66.8 Å². The molecule has 0 fully saturated rings. The van der Waals surface area contributed by atoms with Crippen LogP contribution in [0.2, 0.25) is 0 Å². The Morgan fingerprint density at radius 1 is 0.840 bits per heavy atom. The Hall–Kier alpha value is -0.680. The van der Waals surface area contributed by atoms with Crippen molar-refractivity contribution >= 4 is 65.2 Å². The van der Waals surface area contributed by atoms with Crippen LogP contribution >= 0.6 is 45.2 Å². The van der Waals surface area contributed by atoms with E-state index in [0.29, 0.717) is 5.56 Å². The topological polar surface area (TPSA) is 80.3 Å². The SMILES string of the molecule is O=S(=O)(C#Cc1ccc(I)cc1)NS(=O)(=O)CCc1ccc(I)cc1. The van der Waals surface area contributed by atoms with Gasteiger partial charge < -0.3 is 0 Å². The third kappa shape index (κ3) is 7.61. The second kappa shape index (κ2) is 8.81. The molecule has 1 N–H and O–H groups in total. The first kappa shape index (κ1) is 20.6. The van der Waals surface area contributed by atoms with Gasteiger partial charge >= 0.3 is 0 Å². The van der Waals surface area contributed by atoms with E-state index in [2.05, 4.69) is 51.1 Å². The summed E-state index contributed by atoms with van der Waals surface area (Å²) in [5, 5.41) is 1.99. The van der Waals surface area contributed by atoms with Crippen molar-refractivity contribution in [2.24, 2.45) is 0 Å². The first-order chi connectivity index (χ1) is 11.7. The van der Waals surface area contributed by atoms with Crippen LogP contribution in [0.4, 0.5) is 0 Å². The predicted molar refractivity (Wildman–Crippen MR) is 115 cm³/mol. The van der Waals surface area contributed by atoms with E-state index in [-0.39, 0.29) is 12.2 Å². The van der Waals surface area contributed by atoms with E-state index in [4.69, 9.17) is 0 Å². The highest BCUT2D eigenvalue weighted by Crippen LogP contribution is 2.08. The van der Waals surface area contributed by atoms with Crippen LogP contribution in [0.1, 0.15) is 11.1 Å². The smallest absolute Gasteiger partial charge is 0.211 e. The Labute approximate surface area is 175 Å². The van der Waals surface area contributed by atoms with Crippen molar-refractivity contribution in [3.63, 3.8) is 0 Å². The normalized spacial score (nSPS) is 11.6. The summed E-state index contributed by atoms with van der Waals surface area (Å²) in [6.07, 6.45) is 0.215. The Bertz CT molecular complexity index is 1000. The molecule has 0 aliphatic carbocycles. The number of benzene rings is 2. The highest BCUT2D eigenvalue weighted by molar-refractivity contribution is 14.1. The number of hydrogen-bond acceptors (Lipinski definition) is 4. The zero-order valence-electron chi connectivity index (χ0n) is 12.7. The van der Waals surface area contributed by atoms with Crippen LogP contribution in [-0.4, -0.2) is 22.6 Å². The number of aryl methyl sites for hydroxylation is 1. The molecular weight excluding hydrogens is 588 g/mol. The van der Waals surface area contributed by atoms with Gasteiger partial charge in [-0.2, -0.15) is 8.42 Å². The maximum absolute atomic E-state index is 12.0. The van der Waals surface area contributed by atoms with Gasteiger partial charge in [-0.3, -0.25) is 0 Å². The molecule has 9 heteroatoms. The van der Waals surface area contributed by atoms with Gasteiger partial charge in [-0.05, 0) is 99.5 Å². The molecule has 0 amide bonds. The molecule has 0 saturated carbocycles. The van der Waals surface area contributed by atoms with E-state index in [1.807, 2.05) is 29.5 Å². The minimum Gasteiger partial charge on any atom is -0.211 e. The van der Waals surface area contributed by atoms with Crippen molar-refractivity contribution in [1.82, 2.24) is 4.13 Å². The van der Waals surface area contributed by atoms with Gasteiger partial charge in [0.05, 0.1) is 5.75 Å². The lowest BCUT2D eigenvalue weighted by molar-refractivity contribution is 0.581. The highest BCUT2D eigenvalue weighted by Gasteiger charge is 2.18.